The van der Waals surface area contributed by atoms with E-state index in [0.29, 0.717) is 11.6 Å². The van der Waals surface area contributed by atoms with Gasteiger partial charge in [0.1, 0.15) is 11.0 Å². The molecule has 0 aliphatic carbocycles. The Morgan fingerprint density at radius 2 is 0.605 bits per heavy atom. The molecule has 178 valence electrons. The summed E-state index contributed by atoms with van der Waals surface area (Å²) in [5, 5.41) is 1.92. The molecule has 0 N–H and O–H groups in total. The molecule has 4 heteroatoms. The van der Waals surface area contributed by atoms with Crippen molar-refractivity contribution in [3.63, 3.8) is 0 Å². The molecular formula is C34H22N4. The number of hydrogen-bond donors (Lipinski definition) is 0. The van der Waals surface area contributed by atoms with E-state index in [4.69, 9.17) is 19.9 Å². The molecule has 0 bridgehead atoms. The van der Waals surface area contributed by atoms with E-state index in [1.165, 1.54) is 0 Å². The zero-order valence-corrected chi connectivity index (χ0v) is 20.5. The molecule has 0 radical (unpaired) electrons. The Hall–Kier alpha value is -5.22. The van der Waals surface area contributed by atoms with E-state index in [-0.39, 0.29) is 0 Å². The van der Waals surface area contributed by atoms with E-state index < -0.39 is 0 Å². The van der Waals surface area contributed by atoms with Crippen LogP contribution in [0.3, 0.4) is 0 Å². The van der Waals surface area contributed by atoms with Gasteiger partial charge in [0, 0.05) is 33.0 Å². The molecular weight excluding hydrogens is 464 g/mol. The third kappa shape index (κ3) is 3.89. The van der Waals surface area contributed by atoms with Crippen molar-refractivity contribution >= 4 is 21.8 Å². The monoisotopic (exact) mass is 486 g/mol. The summed E-state index contributed by atoms with van der Waals surface area (Å²) in [6.07, 6.45) is 0. The first-order valence-electron chi connectivity index (χ1n) is 12.6. The maximum atomic E-state index is 5.13. The Balaban J connectivity index is 1.62. The molecule has 2 aromatic heterocycles. The first-order chi connectivity index (χ1) is 18.8. The Kier molecular flexibility index (Phi) is 5.41. The SMILES string of the molecule is c1ccc(-c2nc(-c3ccccc3)c3ccc4c(-c5ccccc5)nc(-c5ccccc5)nc4c3n2)cc1. The molecule has 0 aliphatic heterocycles. The summed E-state index contributed by atoms with van der Waals surface area (Å²) in [6, 6.07) is 45.0. The summed E-state index contributed by atoms with van der Waals surface area (Å²) in [4.78, 5) is 20.4. The lowest BCUT2D eigenvalue weighted by Gasteiger charge is -2.14. The molecule has 0 saturated carbocycles. The van der Waals surface area contributed by atoms with Gasteiger partial charge in [0.05, 0.1) is 11.4 Å². The maximum absolute atomic E-state index is 5.13. The second-order valence-electron chi connectivity index (χ2n) is 9.11. The predicted octanol–water partition coefficient (Wildman–Crippen LogP) is 8.24. The zero-order valence-electron chi connectivity index (χ0n) is 20.5. The number of benzene rings is 5. The highest BCUT2D eigenvalue weighted by Gasteiger charge is 2.18. The summed E-state index contributed by atoms with van der Waals surface area (Å²) in [7, 11) is 0. The minimum absolute atomic E-state index is 0.672. The van der Waals surface area contributed by atoms with Crippen molar-refractivity contribution in [1.82, 2.24) is 19.9 Å². The average molecular weight is 487 g/mol. The van der Waals surface area contributed by atoms with Crippen molar-refractivity contribution in [3.05, 3.63) is 133 Å². The van der Waals surface area contributed by atoms with Crippen LogP contribution in [0.1, 0.15) is 0 Å². The minimum atomic E-state index is 0.672. The molecule has 7 aromatic rings. The molecule has 38 heavy (non-hydrogen) atoms. The second kappa shape index (κ2) is 9.34. The van der Waals surface area contributed by atoms with Gasteiger partial charge in [0.2, 0.25) is 0 Å². The summed E-state index contributed by atoms with van der Waals surface area (Å²) in [5.74, 6) is 1.34. The molecule has 2 heterocycles. The number of fused-ring (bicyclic) bond motifs is 3. The van der Waals surface area contributed by atoms with Gasteiger partial charge < -0.3 is 0 Å². The summed E-state index contributed by atoms with van der Waals surface area (Å²) >= 11 is 0. The van der Waals surface area contributed by atoms with Gasteiger partial charge >= 0.3 is 0 Å². The largest absolute Gasteiger partial charge is 0.227 e. The van der Waals surface area contributed by atoms with Crippen LogP contribution in [-0.2, 0) is 0 Å². The van der Waals surface area contributed by atoms with E-state index in [2.05, 4.69) is 36.4 Å². The van der Waals surface area contributed by atoms with Crippen molar-refractivity contribution in [2.75, 3.05) is 0 Å². The Labute approximate surface area is 220 Å². The molecule has 0 saturated heterocycles. The molecule has 7 rings (SSSR count). The molecule has 0 unspecified atom stereocenters. The van der Waals surface area contributed by atoms with Crippen LogP contribution in [0.4, 0.5) is 0 Å². The second-order valence-corrected chi connectivity index (χ2v) is 9.11. The van der Waals surface area contributed by atoms with Crippen LogP contribution >= 0.6 is 0 Å². The molecule has 0 spiro atoms. The predicted molar refractivity (Wildman–Crippen MR) is 154 cm³/mol. The zero-order chi connectivity index (χ0) is 25.3. The van der Waals surface area contributed by atoms with Gasteiger partial charge in [-0.3, -0.25) is 0 Å². The lowest BCUT2D eigenvalue weighted by molar-refractivity contribution is 1.21. The van der Waals surface area contributed by atoms with Gasteiger partial charge in [-0.15, -0.1) is 0 Å². The van der Waals surface area contributed by atoms with E-state index >= 15 is 0 Å². The smallest absolute Gasteiger partial charge is 0.160 e. The molecule has 5 aromatic carbocycles. The van der Waals surface area contributed by atoms with Gasteiger partial charge in [-0.25, -0.2) is 19.9 Å². The average Bonchev–Trinajstić information content (AvgIpc) is 3.01. The van der Waals surface area contributed by atoms with Crippen LogP contribution in [0.15, 0.2) is 133 Å². The van der Waals surface area contributed by atoms with Gasteiger partial charge in [-0.2, -0.15) is 0 Å². The Morgan fingerprint density at radius 3 is 0.947 bits per heavy atom. The Bertz CT molecular complexity index is 1740. The highest BCUT2D eigenvalue weighted by Crippen LogP contribution is 2.36. The van der Waals surface area contributed by atoms with Crippen LogP contribution in [-0.4, -0.2) is 19.9 Å². The molecule has 0 aliphatic rings. The summed E-state index contributed by atoms with van der Waals surface area (Å²) in [6.45, 7) is 0. The maximum Gasteiger partial charge on any atom is 0.160 e. The van der Waals surface area contributed by atoms with Gasteiger partial charge in [0.25, 0.3) is 0 Å². The van der Waals surface area contributed by atoms with E-state index in [1.807, 2.05) is 97.1 Å². The lowest BCUT2D eigenvalue weighted by Crippen LogP contribution is -2.00. The highest BCUT2D eigenvalue weighted by atomic mass is 14.9. The van der Waals surface area contributed by atoms with Crippen molar-refractivity contribution < 1.29 is 0 Å². The van der Waals surface area contributed by atoms with Crippen molar-refractivity contribution in [2.45, 2.75) is 0 Å². The Morgan fingerprint density at radius 1 is 0.289 bits per heavy atom. The standard InChI is InChI=1S/C34H22N4/c1-5-13-23(14-6-1)29-27-21-22-28-30(24-15-7-2-8-16-24)36-34(26-19-11-4-12-20-26)38-32(28)31(27)37-33(35-29)25-17-9-3-10-18-25/h1-22H. The first-order valence-corrected chi connectivity index (χ1v) is 12.6. The van der Waals surface area contributed by atoms with Gasteiger partial charge in [-0.1, -0.05) is 121 Å². The van der Waals surface area contributed by atoms with Crippen molar-refractivity contribution in [3.8, 4) is 45.3 Å². The molecule has 0 amide bonds. The molecule has 0 fully saturated rings. The topological polar surface area (TPSA) is 51.6 Å². The van der Waals surface area contributed by atoms with Crippen LogP contribution in [0.25, 0.3) is 67.1 Å². The van der Waals surface area contributed by atoms with Crippen LogP contribution < -0.4 is 0 Å². The third-order valence-corrected chi connectivity index (χ3v) is 6.69. The number of rotatable bonds is 4. The minimum Gasteiger partial charge on any atom is -0.227 e. The lowest BCUT2D eigenvalue weighted by atomic mass is 10.0. The van der Waals surface area contributed by atoms with E-state index in [0.717, 1.165) is 55.4 Å². The van der Waals surface area contributed by atoms with Gasteiger partial charge in [0.15, 0.2) is 11.6 Å². The van der Waals surface area contributed by atoms with Crippen molar-refractivity contribution in [1.29, 1.82) is 0 Å². The quantitative estimate of drug-likeness (QED) is 0.235. The van der Waals surface area contributed by atoms with Crippen LogP contribution in [0.5, 0.6) is 0 Å². The van der Waals surface area contributed by atoms with E-state index in [9.17, 15) is 0 Å². The number of nitrogens with zero attached hydrogens (tertiary/aromatic N) is 4. The van der Waals surface area contributed by atoms with Crippen molar-refractivity contribution in [2.24, 2.45) is 0 Å². The first kappa shape index (κ1) is 22.0. The summed E-state index contributed by atoms with van der Waals surface area (Å²) < 4.78 is 0. The van der Waals surface area contributed by atoms with Crippen LogP contribution in [0, 0.1) is 0 Å². The molecule has 0 atom stereocenters. The highest BCUT2D eigenvalue weighted by molar-refractivity contribution is 6.11. The number of hydrogen-bond acceptors (Lipinski definition) is 4. The van der Waals surface area contributed by atoms with Crippen LogP contribution in [0.2, 0.25) is 0 Å². The fraction of sp³-hybridized carbons (Fsp3) is 0. The number of aromatic nitrogens is 4. The normalized spacial score (nSPS) is 11.2. The summed E-state index contributed by atoms with van der Waals surface area (Å²) in [5.41, 5.74) is 7.40. The van der Waals surface area contributed by atoms with Gasteiger partial charge in [-0.05, 0) is 12.1 Å². The third-order valence-electron chi connectivity index (χ3n) is 6.69. The van der Waals surface area contributed by atoms with E-state index in [1.54, 1.807) is 0 Å². The fourth-order valence-electron chi connectivity index (χ4n) is 4.85. The molecule has 4 nitrogen and oxygen atoms in total. The fourth-order valence-corrected chi connectivity index (χ4v) is 4.85.